The number of benzene rings is 1. The Morgan fingerprint density at radius 1 is 1.27 bits per heavy atom. The number of nitrogens with two attached hydrogens (primary N) is 1. The summed E-state index contributed by atoms with van der Waals surface area (Å²) in [5, 5.41) is 1.49. The molecule has 0 radical (unpaired) electrons. The first-order chi connectivity index (χ1) is 12.7. The van der Waals surface area contributed by atoms with Crippen molar-refractivity contribution in [1.82, 2.24) is 14.8 Å². The predicted octanol–water partition coefficient (Wildman–Crippen LogP) is 2.06. The first-order valence-electron chi connectivity index (χ1n) is 10.2. The lowest BCUT2D eigenvalue weighted by Gasteiger charge is -2.46. The van der Waals surface area contributed by atoms with Gasteiger partial charge < -0.3 is 15.5 Å². The Morgan fingerprint density at radius 2 is 2.12 bits per heavy atom. The molecule has 5 nitrogen and oxygen atoms in total. The van der Waals surface area contributed by atoms with Gasteiger partial charge in [-0.1, -0.05) is 19.1 Å². The van der Waals surface area contributed by atoms with Crippen LogP contribution in [-0.2, 0) is 17.7 Å². The molecule has 0 amide bonds. The Labute approximate surface area is 155 Å². The number of fused-ring (bicyclic) bond motifs is 2. The van der Waals surface area contributed by atoms with E-state index in [1.54, 1.807) is 5.56 Å². The van der Waals surface area contributed by atoms with Crippen molar-refractivity contribution in [2.45, 2.75) is 44.3 Å². The average Bonchev–Trinajstić information content (AvgIpc) is 3.01. The van der Waals surface area contributed by atoms with Crippen LogP contribution < -0.4 is 5.73 Å². The summed E-state index contributed by atoms with van der Waals surface area (Å²) in [7, 11) is 0. The number of hydrogen-bond donors (Lipinski definition) is 2. The third-order valence-corrected chi connectivity index (χ3v) is 6.71. The molecule has 5 heteroatoms. The molecule has 3 aliphatic rings. The van der Waals surface area contributed by atoms with Gasteiger partial charge in [0.1, 0.15) is 0 Å². The Morgan fingerprint density at radius 3 is 2.92 bits per heavy atom. The minimum absolute atomic E-state index is 0.291. The van der Waals surface area contributed by atoms with Gasteiger partial charge in [0.25, 0.3) is 0 Å². The Kier molecular flexibility index (Phi) is 4.28. The molecule has 2 aliphatic heterocycles. The number of rotatable bonds is 3. The normalized spacial score (nSPS) is 29.8. The summed E-state index contributed by atoms with van der Waals surface area (Å²) in [6.45, 7) is 9.18. The van der Waals surface area contributed by atoms with Crippen molar-refractivity contribution in [3.05, 3.63) is 35.0 Å². The van der Waals surface area contributed by atoms with E-state index >= 15 is 0 Å². The molecule has 2 fully saturated rings. The standard InChI is InChI=1S/C21H30N4O/c1-2-25-12-14(22)10-16-15-4-3-5-18-21(15)17(11-20(16)25)19(23-18)13-24-6-8-26-9-7-24/h3-5,14,16,20,23H,2,6-13,22H2,1H3/t14-,16?,20+/m0/s1. The second kappa shape index (κ2) is 6.64. The van der Waals surface area contributed by atoms with E-state index in [2.05, 4.69) is 39.9 Å². The van der Waals surface area contributed by atoms with E-state index in [1.807, 2.05) is 0 Å². The third kappa shape index (κ3) is 2.69. The maximum Gasteiger partial charge on any atom is 0.0594 e. The molecular weight excluding hydrogens is 324 g/mol. The van der Waals surface area contributed by atoms with Gasteiger partial charge in [-0.2, -0.15) is 0 Å². The van der Waals surface area contributed by atoms with E-state index in [1.165, 1.54) is 22.2 Å². The zero-order valence-corrected chi connectivity index (χ0v) is 15.7. The lowest BCUT2D eigenvalue weighted by Crippen LogP contribution is -2.54. The third-order valence-electron chi connectivity index (χ3n) is 6.71. The van der Waals surface area contributed by atoms with Crippen molar-refractivity contribution in [1.29, 1.82) is 0 Å². The molecule has 1 aromatic carbocycles. The van der Waals surface area contributed by atoms with Gasteiger partial charge in [-0.15, -0.1) is 0 Å². The van der Waals surface area contributed by atoms with Crippen LogP contribution in [0.1, 0.15) is 36.1 Å². The highest BCUT2D eigenvalue weighted by Gasteiger charge is 2.40. The number of aromatic nitrogens is 1. The fourth-order valence-electron chi connectivity index (χ4n) is 5.48. The van der Waals surface area contributed by atoms with E-state index in [9.17, 15) is 0 Å². The molecule has 1 aromatic heterocycles. The Hall–Kier alpha value is -1.40. The first kappa shape index (κ1) is 16.8. The fourth-order valence-corrected chi connectivity index (χ4v) is 5.48. The van der Waals surface area contributed by atoms with Crippen LogP contribution in [0.25, 0.3) is 10.9 Å². The lowest BCUT2D eigenvalue weighted by molar-refractivity contribution is 0.0335. The van der Waals surface area contributed by atoms with Gasteiger partial charge in [0.15, 0.2) is 0 Å². The second-order valence-electron chi connectivity index (χ2n) is 8.20. The van der Waals surface area contributed by atoms with Gasteiger partial charge in [-0.25, -0.2) is 0 Å². The number of likely N-dealkylation sites (N-methyl/N-ethyl adjacent to an activating group) is 1. The van der Waals surface area contributed by atoms with Crippen LogP contribution in [0.2, 0.25) is 0 Å². The highest BCUT2D eigenvalue weighted by Crippen LogP contribution is 2.44. The summed E-state index contributed by atoms with van der Waals surface area (Å²) in [6, 6.07) is 7.69. The van der Waals surface area contributed by atoms with Crippen LogP contribution in [0.4, 0.5) is 0 Å². The average molecular weight is 354 g/mol. The van der Waals surface area contributed by atoms with Crippen molar-refractivity contribution in [3.8, 4) is 0 Å². The number of nitrogens with one attached hydrogen (secondary N) is 1. The summed E-state index contributed by atoms with van der Waals surface area (Å²) in [6.07, 6.45) is 2.27. The molecule has 3 atom stereocenters. The van der Waals surface area contributed by atoms with Gasteiger partial charge >= 0.3 is 0 Å². The molecule has 26 heavy (non-hydrogen) atoms. The van der Waals surface area contributed by atoms with E-state index in [-0.39, 0.29) is 0 Å². The van der Waals surface area contributed by atoms with Crippen LogP contribution >= 0.6 is 0 Å². The predicted molar refractivity (Wildman–Crippen MR) is 104 cm³/mol. The monoisotopic (exact) mass is 354 g/mol. The molecule has 3 heterocycles. The number of piperidine rings is 1. The van der Waals surface area contributed by atoms with Gasteiger partial charge in [-0.3, -0.25) is 9.80 Å². The Balaban J connectivity index is 1.56. The zero-order valence-electron chi connectivity index (χ0n) is 15.7. The highest BCUT2D eigenvalue weighted by atomic mass is 16.5. The maximum absolute atomic E-state index is 6.42. The molecule has 1 unspecified atom stereocenters. The van der Waals surface area contributed by atoms with Crippen molar-refractivity contribution < 1.29 is 4.74 Å². The van der Waals surface area contributed by atoms with Crippen LogP contribution in [-0.4, -0.2) is 66.3 Å². The number of morpholine rings is 1. The summed E-state index contributed by atoms with van der Waals surface area (Å²) in [5.74, 6) is 0.571. The lowest BCUT2D eigenvalue weighted by atomic mass is 9.73. The molecule has 0 spiro atoms. The van der Waals surface area contributed by atoms with Crippen molar-refractivity contribution >= 4 is 10.9 Å². The number of likely N-dealkylation sites (tertiary alicyclic amines) is 1. The van der Waals surface area contributed by atoms with Gasteiger partial charge in [0.05, 0.1) is 13.2 Å². The van der Waals surface area contributed by atoms with Gasteiger partial charge in [0.2, 0.25) is 0 Å². The molecule has 5 rings (SSSR count). The van der Waals surface area contributed by atoms with E-state index in [0.717, 1.165) is 58.8 Å². The van der Waals surface area contributed by atoms with E-state index in [0.29, 0.717) is 18.0 Å². The Bertz CT molecular complexity index is 795. The highest BCUT2D eigenvalue weighted by molar-refractivity contribution is 5.89. The van der Waals surface area contributed by atoms with Crippen molar-refractivity contribution in [3.63, 3.8) is 0 Å². The van der Waals surface area contributed by atoms with Crippen molar-refractivity contribution in [2.75, 3.05) is 39.4 Å². The fraction of sp³-hybridized carbons (Fsp3) is 0.619. The van der Waals surface area contributed by atoms with Crippen LogP contribution in [0, 0.1) is 0 Å². The van der Waals surface area contributed by atoms with E-state index in [4.69, 9.17) is 10.5 Å². The molecular formula is C21H30N4O. The minimum Gasteiger partial charge on any atom is -0.379 e. The number of aromatic amines is 1. The number of ether oxygens (including phenoxy) is 1. The molecule has 3 N–H and O–H groups in total. The largest absolute Gasteiger partial charge is 0.379 e. The summed E-state index contributed by atoms with van der Waals surface area (Å²) in [5.41, 5.74) is 12.2. The summed E-state index contributed by atoms with van der Waals surface area (Å²) in [4.78, 5) is 8.90. The van der Waals surface area contributed by atoms with E-state index < -0.39 is 0 Å². The molecule has 0 bridgehead atoms. The second-order valence-corrected chi connectivity index (χ2v) is 8.20. The van der Waals surface area contributed by atoms with Crippen LogP contribution in [0.3, 0.4) is 0 Å². The molecule has 2 saturated heterocycles. The van der Waals surface area contributed by atoms with Crippen LogP contribution in [0.5, 0.6) is 0 Å². The number of hydrogen-bond acceptors (Lipinski definition) is 4. The SMILES string of the molecule is CCN1C[C@@H](N)CC2c3cccc4[nH]c(CN5CCOCC5)c(c34)C[C@H]21. The molecule has 2 aromatic rings. The topological polar surface area (TPSA) is 57.5 Å². The molecule has 0 saturated carbocycles. The van der Waals surface area contributed by atoms with Crippen LogP contribution in [0.15, 0.2) is 18.2 Å². The molecule has 1 aliphatic carbocycles. The number of nitrogens with zero attached hydrogens (tertiary/aromatic N) is 2. The summed E-state index contributed by atoms with van der Waals surface area (Å²) >= 11 is 0. The quantitative estimate of drug-likeness (QED) is 0.886. The first-order valence-corrected chi connectivity index (χ1v) is 10.2. The maximum atomic E-state index is 6.42. The van der Waals surface area contributed by atoms with Crippen molar-refractivity contribution in [2.24, 2.45) is 5.73 Å². The smallest absolute Gasteiger partial charge is 0.0594 e. The minimum atomic E-state index is 0.291. The van der Waals surface area contributed by atoms with Gasteiger partial charge in [0, 0.05) is 60.8 Å². The number of H-pyrrole nitrogens is 1. The zero-order chi connectivity index (χ0) is 17.7. The summed E-state index contributed by atoms with van der Waals surface area (Å²) < 4.78 is 5.52. The molecule has 140 valence electrons. The van der Waals surface area contributed by atoms with Gasteiger partial charge in [-0.05, 0) is 36.6 Å².